The van der Waals surface area contributed by atoms with Gasteiger partial charge in [0.15, 0.2) is 0 Å². The summed E-state index contributed by atoms with van der Waals surface area (Å²) in [5.41, 5.74) is 2.71. The van der Waals surface area contributed by atoms with Gasteiger partial charge in [0.25, 0.3) is 0 Å². The van der Waals surface area contributed by atoms with Crippen LogP contribution in [0.3, 0.4) is 0 Å². The highest BCUT2D eigenvalue weighted by Crippen LogP contribution is 2.24. The minimum Gasteiger partial charge on any atom is -0.508 e. The van der Waals surface area contributed by atoms with Crippen LogP contribution in [0.5, 0.6) is 5.75 Å². The molecule has 4 nitrogen and oxygen atoms in total. The number of carboxylic acid groups (broad SMARTS) is 1. The second-order valence-electron chi connectivity index (χ2n) is 5.67. The third kappa shape index (κ3) is 4.27. The van der Waals surface area contributed by atoms with Crippen molar-refractivity contribution in [3.8, 4) is 5.75 Å². The number of phenols is 1. The number of hydrogen-bond acceptors (Lipinski definition) is 3. The third-order valence-electron chi connectivity index (χ3n) is 3.74. The molecular weight excluding hydrogens is 333 g/mol. The summed E-state index contributed by atoms with van der Waals surface area (Å²) in [4.78, 5) is 11.4. The number of benzene rings is 3. The predicted molar refractivity (Wildman–Crippen MR) is 100 cm³/mol. The molecule has 0 aliphatic carbocycles. The lowest BCUT2D eigenvalue weighted by molar-refractivity contribution is 0.0698. The normalized spacial score (nSPS) is 10.8. The van der Waals surface area contributed by atoms with Gasteiger partial charge in [0, 0.05) is 5.69 Å². The number of halogens is 1. The van der Waals surface area contributed by atoms with Crippen LogP contribution in [0.4, 0.5) is 15.8 Å². The molecule has 0 bridgehead atoms. The average Bonchev–Trinajstić information content (AvgIpc) is 2.62. The van der Waals surface area contributed by atoms with Crippen molar-refractivity contribution >= 4 is 29.5 Å². The van der Waals surface area contributed by atoms with Crippen LogP contribution in [-0.2, 0) is 0 Å². The van der Waals surface area contributed by atoms with E-state index in [2.05, 4.69) is 5.32 Å². The molecule has 0 atom stereocenters. The van der Waals surface area contributed by atoms with Gasteiger partial charge < -0.3 is 15.5 Å². The van der Waals surface area contributed by atoms with E-state index in [-0.39, 0.29) is 17.1 Å². The van der Waals surface area contributed by atoms with E-state index in [4.69, 9.17) is 0 Å². The fourth-order valence-corrected chi connectivity index (χ4v) is 2.47. The Bertz CT molecular complexity index is 965. The molecule has 0 unspecified atom stereocenters. The van der Waals surface area contributed by atoms with E-state index in [1.54, 1.807) is 30.3 Å². The summed E-state index contributed by atoms with van der Waals surface area (Å²) >= 11 is 0. The smallest absolute Gasteiger partial charge is 0.337 e. The van der Waals surface area contributed by atoms with Gasteiger partial charge in [-0.05, 0) is 59.7 Å². The molecule has 3 N–H and O–H groups in total. The van der Waals surface area contributed by atoms with Crippen molar-refractivity contribution < 1.29 is 19.4 Å². The second kappa shape index (κ2) is 7.53. The van der Waals surface area contributed by atoms with Gasteiger partial charge in [0.2, 0.25) is 0 Å². The molecule has 130 valence electrons. The Morgan fingerprint density at radius 3 is 2.27 bits per heavy atom. The van der Waals surface area contributed by atoms with Gasteiger partial charge in [0.1, 0.15) is 11.6 Å². The molecule has 0 saturated heterocycles. The molecule has 3 aromatic carbocycles. The van der Waals surface area contributed by atoms with E-state index in [1.807, 2.05) is 18.2 Å². The Morgan fingerprint density at radius 2 is 1.62 bits per heavy atom. The Kier molecular flexibility index (Phi) is 4.99. The molecular formula is C21H16FNO3. The van der Waals surface area contributed by atoms with Crippen molar-refractivity contribution in [3.05, 3.63) is 89.2 Å². The van der Waals surface area contributed by atoms with Gasteiger partial charge in [-0.25, -0.2) is 9.18 Å². The number of phenolic OH excluding ortho intramolecular Hbond substituents is 1. The van der Waals surface area contributed by atoms with Crippen molar-refractivity contribution in [1.29, 1.82) is 0 Å². The minimum absolute atomic E-state index is 0.115. The van der Waals surface area contributed by atoms with E-state index >= 15 is 0 Å². The van der Waals surface area contributed by atoms with Crippen molar-refractivity contribution in [2.24, 2.45) is 0 Å². The van der Waals surface area contributed by atoms with Crippen LogP contribution in [0.1, 0.15) is 21.5 Å². The first-order valence-electron chi connectivity index (χ1n) is 7.88. The molecule has 0 aliphatic heterocycles. The lowest BCUT2D eigenvalue weighted by Crippen LogP contribution is -2.03. The van der Waals surface area contributed by atoms with Gasteiger partial charge in [0.05, 0.1) is 11.3 Å². The Labute approximate surface area is 149 Å². The first-order valence-corrected chi connectivity index (χ1v) is 7.88. The molecule has 0 aliphatic rings. The fourth-order valence-electron chi connectivity index (χ4n) is 2.47. The standard InChI is InChI=1S/C21H16FNO3/c22-16-7-9-17(10-8-16)23-20-13-15(6-11-19(20)21(25)26)5-4-14-2-1-3-18(24)12-14/h1-13,23-24H,(H,25,26). The topological polar surface area (TPSA) is 69.6 Å². The highest BCUT2D eigenvalue weighted by Gasteiger charge is 2.10. The van der Waals surface area contributed by atoms with E-state index in [0.29, 0.717) is 11.4 Å². The number of aromatic hydroxyl groups is 1. The number of carboxylic acids is 1. The van der Waals surface area contributed by atoms with Gasteiger partial charge >= 0.3 is 5.97 Å². The molecule has 0 fully saturated rings. The number of carbonyl (C=O) groups is 1. The molecule has 0 aromatic heterocycles. The second-order valence-corrected chi connectivity index (χ2v) is 5.67. The van der Waals surface area contributed by atoms with Crippen LogP contribution in [0, 0.1) is 5.82 Å². The zero-order valence-electron chi connectivity index (χ0n) is 13.7. The van der Waals surface area contributed by atoms with Crippen LogP contribution >= 0.6 is 0 Å². The van der Waals surface area contributed by atoms with Gasteiger partial charge in [-0.15, -0.1) is 0 Å². The van der Waals surface area contributed by atoms with Gasteiger partial charge in [-0.1, -0.05) is 30.4 Å². The SMILES string of the molecule is O=C(O)c1ccc(C=Cc2cccc(O)c2)cc1Nc1ccc(F)cc1. The van der Waals surface area contributed by atoms with Crippen molar-refractivity contribution in [2.75, 3.05) is 5.32 Å². The Balaban J connectivity index is 1.90. The van der Waals surface area contributed by atoms with Crippen LogP contribution in [0.2, 0.25) is 0 Å². The summed E-state index contributed by atoms with van der Waals surface area (Å²) < 4.78 is 13.0. The maximum atomic E-state index is 13.0. The molecule has 0 amide bonds. The molecule has 0 radical (unpaired) electrons. The molecule has 0 saturated carbocycles. The summed E-state index contributed by atoms with van der Waals surface area (Å²) in [5, 5.41) is 21.9. The van der Waals surface area contributed by atoms with Gasteiger partial charge in [-0.2, -0.15) is 0 Å². The largest absolute Gasteiger partial charge is 0.508 e. The molecule has 0 heterocycles. The highest BCUT2D eigenvalue weighted by atomic mass is 19.1. The Hall–Kier alpha value is -3.60. The van der Waals surface area contributed by atoms with E-state index < -0.39 is 5.97 Å². The first kappa shape index (κ1) is 17.2. The van der Waals surface area contributed by atoms with Crippen LogP contribution < -0.4 is 5.32 Å². The number of hydrogen-bond donors (Lipinski definition) is 3. The molecule has 3 aromatic rings. The van der Waals surface area contributed by atoms with E-state index in [1.165, 1.54) is 30.3 Å². The molecule has 26 heavy (non-hydrogen) atoms. The zero-order valence-corrected chi connectivity index (χ0v) is 13.7. The number of anilines is 2. The summed E-state index contributed by atoms with van der Waals surface area (Å²) in [7, 11) is 0. The minimum atomic E-state index is -1.06. The Morgan fingerprint density at radius 1 is 0.923 bits per heavy atom. The predicted octanol–water partition coefficient (Wildman–Crippen LogP) is 5.14. The summed E-state index contributed by atoms with van der Waals surface area (Å²) in [6.07, 6.45) is 3.63. The lowest BCUT2D eigenvalue weighted by Gasteiger charge is -2.11. The maximum absolute atomic E-state index is 13.0. The number of rotatable bonds is 5. The zero-order chi connectivity index (χ0) is 18.5. The fraction of sp³-hybridized carbons (Fsp3) is 0. The number of nitrogens with one attached hydrogen (secondary N) is 1. The van der Waals surface area contributed by atoms with E-state index in [9.17, 15) is 19.4 Å². The lowest BCUT2D eigenvalue weighted by atomic mass is 10.1. The summed E-state index contributed by atoms with van der Waals surface area (Å²) in [6.45, 7) is 0. The third-order valence-corrected chi connectivity index (χ3v) is 3.74. The molecule has 3 rings (SSSR count). The summed E-state index contributed by atoms with van der Waals surface area (Å²) in [6, 6.07) is 17.4. The van der Waals surface area contributed by atoms with Crippen LogP contribution in [0.15, 0.2) is 66.7 Å². The quantitative estimate of drug-likeness (QED) is 0.558. The molecule has 5 heteroatoms. The first-order chi connectivity index (χ1) is 12.5. The van der Waals surface area contributed by atoms with E-state index in [0.717, 1.165) is 11.1 Å². The average molecular weight is 349 g/mol. The van der Waals surface area contributed by atoms with Crippen molar-refractivity contribution in [3.63, 3.8) is 0 Å². The van der Waals surface area contributed by atoms with Crippen LogP contribution in [-0.4, -0.2) is 16.2 Å². The molecule has 0 spiro atoms. The van der Waals surface area contributed by atoms with Crippen LogP contribution in [0.25, 0.3) is 12.2 Å². The van der Waals surface area contributed by atoms with Crippen molar-refractivity contribution in [1.82, 2.24) is 0 Å². The number of aromatic carboxylic acids is 1. The monoisotopic (exact) mass is 349 g/mol. The maximum Gasteiger partial charge on any atom is 0.337 e. The highest BCUT2D eigenvalue weighted by molar-refractivity contribution is 5.96. The van der Waals surface area contributed by atoms with Gasteiger partial charge in [-0.3, -0.25) is 0 Å². The van der Waals surface area contributed by atoms with Crippen molar-refractivity contribution in [2.45, 2.75) is 0 Å². The summed E-state index contributed by atoms with van der Waals surface area (Å²) in [5.74, 6) is -1.25.